The highest BCUT2D eigenvalue weighted by Crippen LogP contribution is 2.23. The SMILES string of the molecule is CC1CCCC(NCC(=O)NC2CCOCC2)C1. The summed E-state index contributed by atoms with van der Waals surface area (Å²) in [5.74, 6) is 0.940. The van der Waals surface area contributed by atoms with Crippen LogP contribution in [0.5, 0.6) is 0 Å². The van der Waals surface area contributed by atoms with Gasteiger partial charge in [0.15, 0.2) is 0 Å². The van der Waals surface area contributed by atoms with E-state index in [0.717, 1.165) is 32.0 Å². The Morgan fingerprint density at radius 3 is 2.67 bits per heavy atom. The molecule has 1 aliphatic carbocycles. The molecule has 0 aromatic carbocycles. The lowest BCUT2D eigenvalue weighted by atomic mass is 9.87. The van der Waals surface area contributed by atoms with Gasteiger partial charge in [0.2, 0.25) is 5.91 Å². The van der Waals surface area contributed by atoms with Crippen LogP contribution < -0.4 is 10.6 Å². The predicted octanol–water partition coefficient (Wildman–Crippen LogP) is 1.45. The number of nitrogens with one attached hydrogen (secondary N) is 2. The topological polar surface area (TPSA) is 50.4 Å². The molecule has 2 fully saturated rings. The molecule has 2 rings (SSSR count). The highest BCUT2D eigenvalue weighted by molar-refractivity contribution is 5.78. The van der Waals surface area contributed by atoms with Crippen molar-refractivity contribution in [2.24, 2.45) is 5.92 Å². The fraction of sp³-hybridized carbons (Fsp3) is 0.929. The van der Waals surface area contributed by atoms with Crippen LogP contribution in [-0.2, 0) is 9.53 Å². The van der Waals surface area contributed by atoms with Crippen molar-refractivity contribution in [1.82, 2.24) is 10.6 Å². The van der Waals surface area contributed by atoms with Gasteiger partial charge in [-0.1, -0.05) is 19.8 Å². The fourth-order valence-electron chi connectivity index (χ4n) is 2.98. The van der Waals surface area contributed by atoms with Gasteiger partial charge in [-0.3, -0.25) is 4.79 Å². The van der Waals surface area contributed by atoms with E-state index >= 15 is 0 Å². The van der Waals surface area contributed by atoms with Crippen molar-refractivity contribution < 1.29 is 9.53 Å². The van der Waals surface area contributed by atoms with Crippen molar-refractivity contribution in [3.63, 3.8) is 0 Å². The lowest BCUT2D eigenvalue weighted by molar-refractivity contribution is -0.121. The van der Waals surface area contributed by atoms with Gasteiger partial charge < -0.3 is 15.4 Å². The lowest BCUT2D eigenvalue weighted by Gasteiger charge is -2.28. The Labute approximate surface area is 110 Å². The Bertz CT molecular complexity index is 265. The van der Waals surface area contributed by atoms with Crippen LogP contribution in [0.4, 0.5) is 0 Å². The smallest absolute Gasteiger partial charge is 0.234 e. The Hall–Kier alpha value is -0.610. The fourth-order valence-corrected chi connectivity index (χ4v) is 2.98. The second-order valence-electron chi connectivity index (χ2n) is 5.80. The predicted molar refractivity (Wildman–Crippen MR) is 71.4 cm³/mol. The summed E-state index contributed by atoms with van der Waals surface area (Å²) >= 11 is 0. The minimum absolute atomic E-state index is 0.139. The Balaban J connectivity index is 1.61. The van der Waals surface area contributed by atoms with E-state index in [1.165, 1.54) is 25.7 Å². The quantitative estimate of drug-likeness (QED) is 0.798. The van der Waals surface area contributed by atoms with Crippen molar-refractivity contribution in [3.8, 4) is 0 Å². The maximum absolute atomic E-state index is 11.8. The third-order valence-corrected chi connectivity index (χ3v) is 4.07. The molecule has 18 heavy (non-hydrogen) atoms. The molecule has 1 aliphatic heterocycles. The molecule has 0 aromatic rings. The largest absolute Gasteiger partial charge is 0.381 e. The van der Waals surface area contributed by atoms with Gasteiger partial charge >= 0.3 is 0 Å². The summed E-state index contributed by atoms with van der Waals surface area (Å²) < 4.78 is 5.28. The van der Waals surface area contributed by atoms with Crippen LogP contribution in [0.3, 0.4) is 0 Å². The monoisotopic (exact) mass is 254 g/mol. The summed E-state index contributed by atoms with van der Waals surface area (Å²) in [6, 6.07) is 0.854. The van der Waals surface area contributed by atoms with E-state index in [0.29, 0.717) is 18.6 Å². The number of ether oxygens (including phenoxy) is 1. The van der Waals surface area contributed by atoms with Crippen LogP contribution in [0.15, 0.2) is 0 Å². The van der Waals surface area contributed by atoms with Crippen LogP contribution in [0, 0.1) is 5.92 Å². The maximum atomic E-state index is 11.8. The van der Waals surface area contributed by atoms with Gasteiger partial charge in [0.25, 0.3) is 0 Å². The van der Waals surface area contributed by atoms with Crippen LogP contribution in [-0.4, -0.2) is 37.7 Å². The number of carbonyl (C=O) groups is 1. The van der Waals surface area contributed by atoms with E-state index in [-0.39, 0.29) is 5.91 Å². The van der Waals surface area contributed by atoms with Crippen LogP contribution in [0.25, 0.3) is 0 Å². The van der Waals surface area contributed by atoms with Gasteiger partial charge in [-0.25, -0.2) is 0 Å². The van der Waals surface area contributed by atoms with E-state index in [9.17, 15) is 4.79 Å². The lowest BCUT2D eigenvalue weighted by Crippen LogP contribution is -2.45. The molecule has 0 spiro atoms. The number of hydrogen-bond donors (Lipinski definition) is 2. The van der Waals surface area contributed by atoms with Crippen molar-refractivity contribution in [1.29, 1.82) is 0 Å². The molecule has 2 N–H and O–H groups in total. The average Bonchev–Trinajstić information content (AvgIpc) is 2.38. The molecule has 104 valence electrons. The van der Waals surface area contributed by atoms with Crippen molar-refractivity contribution in [3.05, 3.63) is 0 Å². The van der Waals surface area contributed by atoms with E-state index in [2.05, 4.69) is 17.6 Å². The first kappa shape index (κ1) is 13.8. The normalized spacial score (nSPS) is 30.1. The molecule has 1 saturated heterocycles. The highest BCUT2D eigenvalue weighted by atomic mass is 16.5. The summed E-state index contributed by atoms with van der Waals surface area (Å²) in [7, 11) is 0. The molecule has 4 nitrogen and oxygen atoms in total. The number of carbonyl (C=O) groups excluding carboxylic acids is 1. The molecule has 1 heterocycles. The third-order valence-electron chi connectivity index (χ3n) is 4.07. The van der Waals surface area contributed by atoms with Gasteiger partial charge in [-0.15, -0.1) is 0 Å². The molecule has 4 heteroatoms. The molecular formula is C14H26N2O2. The van der Waals surface area contributed by atoms with Gasteiger partial charge in [0.1, 0.15) is 0 Å². The van der Waals surface area contributed by atoms with Crippen molar-refractivity contribution in [2.45, 2.75) is 57.5 Å². The Morgan fingerprint density at radius 1 is 1.17 bits per heavy atom. The van der Waals surface area contributed by atoms with Gasteiger partial charge in [0, 0.05) is 25.3 Å². The summed E-state index contributed by atoms with van der Waals surface area (Å²) in [6.07, 6.45) is 6.96. The number of rotatable bonds is 4. The minimum Gasteiger partial charge on any atom is -0.381 e. The first-order valence-electron chi connectivity index (χ1n) is 7.34. The number of amides is 1. The van der Waals surface area contributed by atoms with Crippen molar-refractivity contribution >= 4 is 5.91 Å². The average molecular weight is 254 g/mol. The molecule has 1 amide bonds. The maximum Gasteiger partial charge on any atom is 0.234 e. The van der Waals surface area contributed by atoms with Crippen LogP contribution >= 0.6 is 0 Å². The van der Waals surface area contributed by atoms with E-state index < -0.39 is 0 Å². The molecular weight excluding hydrogens is 228 g/mol. The summed E-state index contributed by atoms with van der Waals surface area (Å²) in [5.41, 5.74) is 0. The molecule has 2 aliphatic rings. The second-order valence-corrected chi connectivity index (χ2v) is 5.80. The zero-order chi connectivity index (χ0) is 12.8. The Morgan fingerprint density at radius 2 is 1.94 bits per heavy atom. The zero-order valence-electron chi connectivity index (χ0n) is 11.4. The first-order chi connectivity index (χ1) is 8.74. The molecule has 0 radical (unpaired) electrons. The first-order valence-corrected chi connectivity index (χ1v) is 7.34. The van der Waals surface area contributed by atoms with Crippen LogP contribution in [0.2, 0.25) is 0 Å². The summed E-state index contributed by atoms with van der Waals surface area (Å²) in [5, 5.41) is 6.49. The van der Waals surface area contributed by atoms with E-state index in [1.54, 1.807) is 0 Å². The second kappa shape index (κ2) is 7.10. The standard InChI is InChI=1S/C14H26N2O2/c1-11-3-2-4-13(9-11)15-10-14(17)16-12-5-7-18-8-6-12/h11-13,15H,2-10H2,1H3,(H,16,17). The highest BCUT2D eigenvalue weighted by Gasteiger charge is 2.20. The molecule has 0 aromatic heterocycles. The summed E-state index contributed by atoms with van der Waals surface area (Å²) in [4.78, 5) is 11.8. The Kier molecular flexibility index (Phi) is 5.45. The molecule has 0 bridgehead atoms. The van der Waals surface area contributed by atoms with Gasteiger partial charge in [-0.2, -0.15) is 0 Å². The molecule has 1 saturated carbocycles. The van der Waals surface area contributed by atoms with Gasteiger partial charge in [0.05, 0.1) is 6.54 Å². The third kappa shape index (κ3) is 4.58. The van der Waals surface area contributed by atoms with Crippen molar-refractivity contribution in [2.75, 3.05) is 19.8 Å². The van der Waals surface area contributed by atoms with Gasteiger partial charge in [-0.05, 0) is 31.6 Å². The molecule has 2 atom stereocenters. The van der Waals surface area contributed by atoms with E-state index in [1.807, 2.05) is 0 Å². The minimum atomic E-state index is 0.139. The number of hydrogen-bond acceptors (Lipinski definition) is 3. The summed E-state index contributed by atoms with van der Waals surface area (Å²) in [6.45, 7) is 4.32. The van der Waals surface area contributed by atoms with E-state index in [4.69, 9.17) is 4.74 Å². The van der Waals surface area contributed by atoms with Crippen LogP contribution in [0.1, 0.15) is 45.4 Å². The molecule has 2 unspecified atom stereocenters. The zero-order valence-corrected chi connectivity index (χ0v) is 11.4.